The van der Waals surface area contributed by atoms with Crippen LogP contribution in [0.4, 0.5) is 0 Å². The van der Waals surface area contributed by atoms with E-state index < -0.39 is 34.8 Å². The molecule has 3 rings (SSSR count). The summed E-state index contributed by atoms with van der Waals surface area (Å²) in [5.74, 6) is -1.61. The van der Waals surface area contributed by atoms with Gasteiger partial charge in [-0.3, -0.25) is 4.79 Å². The molecule has 0 aromatic rings. The van der Waals surface area contributed by atoms with Gasteiger partial charge in [0.2, 0.25) is 0 Å². The van der Waals surface area contributed by atoms with Gasteiger partial charge in [-0.2, -0.15) is 17.0 Å². The third-order valence-corrected chi connectivity index (χ3v) is 8.60. The Hall–Kier alpha value is -0.795. The minimum Gasteiger partial charge on any atom is -0.480 e. The van der Waals surface area contributed by atoms with Crippen LogP contribution in [0.25, 0.3) is 0 Å². The number of nitrogens with one attached hydrogen (secondary N) is 2. The lowest BCUT2D eigenvalue weighted by Gasteiger charge is -2.41. The molecule has 3 atom stereocenters. The zero-order chi connectivity index (χ0) is 21.9. The summed E-state index contributed by atoms with van der Waals surface area (Å²) in [5.41, 5.74) is 4.49. The molecule has 11 nitrogen and oxygen atoms in total. The molecule has 3 saturated heterocycles. The number of carboxylic acids is 1. The van der Waals surface area contributed by atoms with Gasteiger partial charge >= 0.3 is 13.1 Å². The van der Waals surface area contributed by atoms with Crippen molar-refractivity contribution in [3.63, 3.8) is 0 Å². The van der Waals surface area contributed by atoms with Crippen LogP contribution < -0.4 is 16.4 Å². The van der Waals surface area contributed by atoms with Gasteiger partial charge in [-0.15, -0.1) is 0 Å². The first-order valence-corrected chi connectivity index (χ1v) is 12.1. The summed E-state index contributed by atoms with van der Waals surface area (Å²) in [6, 6.07) is -0.141. The summed E-state index contributed by atoms with van der Waals surface area (Å²) in [5, 5.41) is 34.3. The molecule has 3 heterocycles. The van der Waals surface area contributed by atoms with Crippen LogP contribution >= 0.6 is 0 Å². The molecular formula is C17H34BN5O6S. The normalized spacial score (nSPS) is 31.1. The van der Waals surface area contributed by atoms with Crippen LogP contribution in [0.3, 0.4) is 0 Å². The van der Waals surface area contributed by atoms with E-state index in [0.29, 0.717) is 32.5 Å². The number of carbonyl (C=O) groups is 1. The number of hydrogen-bond acceptors (Lipinski definition) is 8. The van der Waals surface area contributed by atoms with Gasteiger partial charge in [0.15, 0.2) is 0 Å². The lowest BCUT2D eigenvalue weighted by atomic mass is 9.78. The maximum atomic E-state index is 13.6. The second kappa shape index (κ2) is 9.78. The first kappa shape index (κ1) is 23.9. The molecular weight excluding hydrogens is 413 g/mol. The van der Waals surface area contributed by atoms with E-state index in [1.54, 1.807) is 0 Å². The molecule has 0 saturated carbocycles. The van der Waals surface area contributed by atoms with Gasteiger partial charge < -0.3 is 31.5 Å². The Morgan fingerprint density at radius 1 is 1.27 bits per heavy atom. The summed E-state index contributed by atoms with van der Waals surface area (Å²) in [7, 11) is -5.36. The molecule has 172 valence electrons. The highest BCUT2D eigenvalue weighted by atomic mass is 32.2. The van der Waals surface area contributed by atoms with Crippen molar-refractivity contribution in [2.45, 2.75) is 43.6 Å². The lowest BCUT2D eigenvalue weighted by molar-refractivity contribution is -0.144. The van der Waals surface area contributed by atoms with Crippen molar-refractivity contribution in [1.29, 1.82) is 0 Å². The Morgan fingerprint density at radius 2 is 2.00 bits per heavy atom. The Morgan fingerprint density at radius 3 is 2.53 bits per heavy atom. The van der Waals surface area contributed by atoms with Crippen molar-refractivity contribution in [1.82, 2.24) is 19.2 Å². The average Bonchev–Trinajstić information content (AvgIpc) is 2.99. The van der Waals surface area contributed by atoms with Gasteiger partial charge in [0.25, 0.3) is 10.2 Å². The topological polar surface area (TPSA) is 168 Å². The zero-order valence-corrected chi connectivity index (χ0v) is 18.1. The smallest absolute Gasteiger partial charge is 0.451 e. The minimum absolute atomic E-state index is 0.0201. The van der Waals surface area contributed by atoms with E-state index in [-0.39, 0.29) is 31.4 Å². The molecule has 30 heavy (non-hydrogen) atoms. The summed E-state index contributed by atoms with van der Waals surface area (Å²) in [6.45, 7) is 3.02. The average molecular weight is 447 g/mol. The van der Waals surface area contributed by atoms with Crippen molar-refractivity contribution in [3.8, 4) is 0 Å². The van der Waals surface area contributed by atoms with E-state index in [1.165, 1.54) is 8.61 Å². The predicted octanol–water partition coefficient (Wildman–Crippen LogP) is -2.53. The van der Waals surface area contributed by atoms with E-state index in [1.807, 2.05) is 0 Å². The first-order valence-electron chi connectivity index (χ1n) is 10.7. The van der Waals surface area contributed by atoms with Crippen LogP contribution in [0.5, 0.6) is 0 Å². The van der Waals surface area contributed by atoms with Crippen LogP contribution in [0.2, 0.25) is 6.32 Å². The quantitative estimate of drug-likeness (QED) is 0.198. The fraction of sp³-hybridized carbons (Fsp3) is 0.941. The molecule has 0 spiro atoms. The van der Waals surface area contributed by atoms with Crippen molar-refractivity contribution in [2.24, 2.45) is 17.6 Å². The number of nitrogens with two attached hydrogens (primary N) is 1. The van der Waals surface area contributed by atoms with Crippen molar-refractivity contribution >= 4 is 23.3 Å². The van der Waals surface area contributed by atoms with Crippen molar-refractivity contribution < 1.29 is 28.4 Å². The number of carboxylic acid groups (broad SMARTS) is 1. The molecule has 0 radical (unpaired) electrons. The highest BCUT2D eigenvalue weighted by molar-refractivity contribution is 7.86. The Kier molecular flexibility index (Phi) is 7.78. The van der Waals surface area contributed by atoms with Gasteiger partial charge in [0.1, 0.15) is 5.54 Å². The maximum Gasteiger partial charge on any atom is 0.451 e. The largest absolute Gasteiger partial charge is 0.480 e. The molecule has 0 aromatic heterocycles. The molecule has 3 aliphatic rings. The number of nitrogens with zero attached hydrogens (tertiary/aromatic N) is 2. The molecule has 7 N–H and O–H groups in total. The lowest BCUT2D eigenvalue weighted by Crippen LogP contribution is -2.63. The van der Waals surface area contributed by atoms with Crippen LogP contribution in [-0.2, 0) is 15.0 Å². The van der Waals surface area contributed by atoms with E-state index in [4.69, 9.17) is 15.8 Å². The third kappa shape index (κ3) is 5.15. The fourth-order valence-corrected chi connectivity index (χ4v) is 6.57. The molecule has 0 bridgehead atoms. The van der Waals surface area contributed by atoms with Crippen molar-refractivity contribution in [3.05, 3.63) is 0 Å². The van der Waals surface area contributed by atoms with Crippen molar-refractivity contribution in [2.75, 3.05) is 45.8 Å². The predicted molar refractivity (Wildman–Crippen MR) is 112 cm³/mol. The molecule has 3 fully saturated rings. The minimum atomic E-state index is -3.88. The Bertz CT molecular complexity index is 703. The highest BCUT2D eigenvalue weighted by Gasteiger charge is 2.54. The molecule has 13 heteroatoms. The van der Waals surface area contributed by atoms with Crippen LogP contribution in [0, 0.1) is 11.8 Å². The van der Waals surface area contributed by atoms with Gasteiger partial charge in [-0.05, 0) is 44.6 Å². The summed E-state index contributed by atoms with van der Waals surface area (Å²) in [4.78, 5) is 11.9. The Labute approximate surface area is 178 Å². The summed E-state index contributed by atoms with van der Waals surface area (Å²) in [6.07, 6.45) is 2.72. The Balaban J connectivity index is 1.75. The molecule has 1 unspecified atom stereocenters. The van der Waals surface area contributed by atoms with E-state index >= 15 is 0 Å². The van der Waals surface area contributed by atoms with E-state index in [0.717, 1.165) is 25.9 Å². The SMILES string of the molecule is N[C@@]1(C(=O)O)CN(S(=O)(=O)N(CC2CCCNC2)C2CNC2)C[C@@H]1CCCB(O)O. The number of hydrogen-bond donors (Lipinski definition) is 6. The standard InChI is InChI=1S/C17H34BN5O6S/c19-17(16(24)25)12-22(11-14(17)4-1-5-18(26)27)30(28,29)23(15-8-21-9-15)10-13-3-2-6-20-7-13/h13-15,20-21,26-27H,1-12,19H2,(H,24,25)/t13?,14-,17-/m0/s1. The highest BCUT2D eigenvalue weighted by Crippen LogP contribution is 2.34. The number of aliphatic carboxylic acids is 1. The summed E-state index contributed by atoms with van der Waals surface area (Å²) >= 11 is 0. The second-order valence-corrected chi connectivity index (χ2v) is 10.7. The molecule has 3 aliphatic heterocycles. The van der Waals surface area contributed by atoms with E-state index in [2.05, 4.69) is 10.6 Å². The second-order valence-electron chi connectivity index (χ2n) is 8.85. The molecule has 0 amide bonds. The van der Waals surface area contributed by atoms with Crippen LogP contribution in [-0.4, -0.2) is 103 Å². The van der Waals surface area contributed by atoms with Crippen LogP contribution in [0.15, 0.2) is 0 Å². The van der Waals surface area contributed by atoms with Gasteiger partial charge in [-0.25, -0.2) is 0 Å². The number of rotatable bonds is 10. The first-order chi connectivity index (χ1) is 14.1. The monoisotopic (exact) mass is 447 g/mol. The van der Waals surface area contributed by atoms with Gasteiger partial charge in [0.05, 0.1) is 6.04 Å². The molecule has 0 aromatic carbocycles. The third-order valence-electron chi connectivity index (χ3n) is 6.63. The molecule has 0 aliphatic carbocycles. The summed E-state index contributed by atoms with van der Waals surface area (Å²) < 4.78 is 29.9. The fourth-order valence-electron chi connectivity index (χ4n) is 4.60. The van der Waals surface area contributed by atoms with Crippen LogP contribution in [0.1, 0.15) is 25.7 Å². The maximum absolute atomic E-state index is 13.6. The number of piperidine rings is 1. The van der Waals surface area contributed by atoms with E-state index in [9.17, 15) is 18.3 Å². The van der Waals surface area contributed by atoms with Gasteiger partial charge in [0, 0.05) is 38.6 Å². The van der Waals surface area contributed by atoms with Gasteiger partial charge in [-0.1, -0.05) is 6.42 Å². The zero-order valence-electron chi connectivity index (χ0n) is 17.2.